The van der Waals surface area contributed by atoms with Gasteiger partial charge >= 0.3 is 0 Å². The number of unbranched alkanes of at least 4 members (excludes halogenated alkanes) is 1. The first-order valence-corrected chi connectivity index (χ1v) is 26.9. The number of nitrogens with one attached hydrogen (secondary N) is 8. The van der Waals surface area contributed by atoms with E-state index < -0.39 is 17.9 Å². The average molecular weight is 1060 g/mol. The summed E-state index contributed by atoms with van der Waals surface area (Å²) in [5, 5.41) is 29.3. The van der Waals surface area contributed by atoms with Gasteiger partial charge in [0, 0.05) is 69.3 Å². The van der Waals surface area contributed by atoms with Crippen molar-refractivity contribution in [3.63, 3.8) is 0 Å². The van der Waals surface area contributed by atoms with Crippen LogP contribution in [0.3, 0.4) is 0 Å². The molecule has 0 aliphatic carbocycles. The summed E-state index contributed by atoms with van der Waals surface area (Å²) in [4.78, 5) is 117. The molecule has 0 aromatic carbocycles. The molecule has 0 radical (unpaired) electrons. The Bertz CT molecular complexity index is 1710. The van der Waals surface area contributed by atoms with Gasteiger partial charge in [-0.15, -0.1) is 0 Å². The van der Waals surface area contributed by atoms with Gasteiger partial charge in [-0.25, -0.2) is 9.97 Å². The van der Waals surface area contributed by atoms with Crippen molar-refractivity contribution in [2.75, 3.05) is 64.9 Å². The summed E-state index contributed by atoms with van der Waals surface area (Å²) in [5.74, 6) is -0.200. The first kappa shape index (κ1) is 69.0. The number of aliphatic hydroxyl groups is 1. The minimum Gasteiger partial charge on any atom is -0.400 e. The number of hydrogen-bond acceptors (Lipinski definition) is 18. The minimum atomic E-state index is -0.738. The number of aliphatic hydroxyl groups excluding tert-OH is 1. The molecule has 0 aliphatic rings. The molecule has 0 bridgehead atoms. The lowest BCUT2D eigenvalue weighted by Crippen LogP contribution is -2.50. The zero-order valence-electron chi connectivity index (χ0n) is 40.7. The van der Waals surface area contributed by atoms with Crippen LogP contribution in [0.5, 0.6) is 0 Å². The fraction of sp³-hybridized carbons (Fsp3) is 0.545. The molecule has 0 aliphatic heterocycles. The van der Waals surface area contributed by atoms with Crippen molar-refractivity contribution in [2.45, 2.75) is 101 Å². The van der Waals surface area contributed by atoms with Crippen molar-refractivity contribution in [3.8, 4) is 0 Å². The van der Waals surface area contributed by atoms with E-state index in [0.717, 1.165) is 60.9 Å². The van der Waals surface area contributed by atoms with Crippen LogP contribution in [0.1, 0.15) is 78.6 Å². The molecule has 0 spiro atoms. The number of carbonyl (C=O) groups excluding carboxylic acids is 10. The molecule has 394 valence electrons. The molecule has 2 rings (SSSR count). The largest absolute Gasteiger partial charge is 0.400 e. The maximum atomic E-state index is 12.2. The van der Waals surface area contributed by atoms with Gasteiger partial charge in [0.2, 0.25) is 47.8 Å². The molecule has 1 unspecified atom stereocenters. The fourth-order valence-corrected chi connectivity index (χ4v) is 8.36. The molecule has 26 heteroatoms. The second-order valence-electron chi connectivity index (χ2n) is 13.9. The number of hydrogen-bond donors (Lipinski definition) is 10. The van der Waals surface area contributed by atoms with Crippen molar-refractivity contribution in [2.24, 2.45) is 5.73 Å². The summed E-state index contributed by atoms with van der Waals surface area (Å²) in [7, 11) is 9.55. The highest BCUT2D eigenvalue weighted by Crippen LogP contribution is 2.30. The molecule has 70 heavy (non-hydrogen) atoms. The number of carbonyl (C=O) groups is 10. The van der Waals surface area contributed by atoms with E-state index in [-0.39, 0.29) is 81.1 Å². The van der Waals surface area contributed by atoms with Gasteiger partial charge in [0.25, 0.3) is 0 Å². The lowest BCUT2D eigenvalue weighted by Gasteiger charge is -2.18. The number of aromatic nitrogens is 2. The molecule has 0 saturated heterocycles. The highest BCUT2D eigenvalue weighted by atomic mass is 33.1. The Labute approximate surface area is 427 Å². The molecule has 22 nitrogen and oxygen atoms in total. The van der Waals surface area contributed by atoms with Crippen LogP contribution in [-0.2, 0) is 47.9 Å². The highest BCUT2D eigenvalue weighted by Gasteiger charge is 2.20. The molecule has 2 aromatic heterocycles. The van der Waals surface area contributed by atoms with Gasteiger partial charge in [-0.05, 0) is 105 Å². The Balaban J connectivity index is -0.000000898. The van der Waals surface area contributed by atoms with Gasteiger partial charge in [0.05, 0.1) is 26.2 Å². The maximum Gasteiger partial charge on any atom is 0.242 e. The highest BCUT2D eigenvalue weighted by molar-refractivity contribution is 8.77. The van der Waals surface area contributed by atoms with Gasteiger partial charge in [0.1, 0.15) is 28.7 Å². The zero-order valence-corrected chi connectivity index (χ0v) is 43.9. The SMILES string of the molecule is CC(C)NC(=O)CCCSSc1ccccn1.CCC(=O)NCC(=O)NCC(=O)NC(CCCCNC)C(=O)NCCC=O.CO.NC(=O)CCCSSc1ccccn1.O=CCNC(=O)CNC=O. The van der Waals surface area contributed by atoms with Crippen molar-refractivity contribution in [1.82, 2.24) is 52.5 Å². The van der Waals surface area contributed by atoms with Crippen molar-refractivity contribution < 1.29 is 53.1 Å². The summed E-state index contributed by atoms with van der Waals surface area (Å²) in [5.41, 5.74) is 5.02. The molecule has 11 N–H and O–H groups in total. The van der Waals surface area contributed by atoms with Crippen LogP contribution in [0.2, 0.25) is 0 Å². The molecular weight excluding hydrogens is 987 g/mol. The summed E-state index contributed by atoms with van der Waals surface area (Å²) in [6.07, 6.45) is 10.5. The molecule has 0 fully saturated rings. The maximum absolute atomic E-state index is 12.2. The third kappa shape index (κ3) is 49.2. The van der Waals surface area contributed by atoms with Crippen LogP contribution in [0.15, 0.2) is 58.8 Å². The third-order valence-electron chi connectivity index (χ3n) is 7.62. The van der Waals surface area contributed by atoms with E-state index in [9.17, 15) is 47.9 Å². The lowest BCUT2D eigenvalue weighted by molar-refractivity contribution is -0.130. The third-order valence-corrected chi connectivity index (χ3v) is 12.3. The second kappa shape index (κ2) is 51.6. The summed E-state index contributed by atoms with van der Waals surface area (Å²) >= 11 is 0. The van der Waals surface area contributed by atoms with Crippen LogP contribution in [0, 0.1) is 0 Å². The normalized spacial score (nSPS) is 10.1. The first-order chi connectivity index (χ1) is 33.7. The number of nitrogens with zero attached hydrogens (tertiary/aromatic N) is 2. The van der Waals surface area contributed by atoms with Crippen molar-refractivity contribution >= 4 is 104 Å². The van der Waals surface area contributed by atoms with Gasteiger partial charge in [0.15, 0.2) is 0 Å². The van der Waals surface area contributed by atoms with E-state index in [0.29, 0.717) is 38.2 Å². The first-order valence-electron chi connectivity index (χ1n) is 22.2. The van der Waals surface area contributed by atoms with Crippen LogP contribution >= 0.6 is 43.2 Å². The molecule has 1 atom stereocenters. The van der Waals surface area contributed by atoms with E-state index >= 15 is 0 Å². The number of rotatable bonds is 33. The van der Waals surface area contributed by atoms with Crippen molar-refractivity contribution in [1.29, 1.82) is 0 Å². The summed E-state index contributed by atoms with van der Waals surface area (Å²) in [6, 6.07) is 11.2. The Morgan fingerprint density at radius 1 is 0.671 bits per heavy atom. The van der Waals surface area contributed by atoms with E-state index in [1.165, 1.54) is 0 Å². The number of amides is 8. The van der Waals surface area contributed by atoms with E-state index in [2.05, 4.69) is 52.5 Å². The van der Waals surface area contributed by atoms with Crippen LogP contribution < -0.4 is 48.3 Å². The Morgan fingerprint density at radius 2 is 1.24 bits per heavy atom. The number of nitrogens with two attached hydrogens (primary N) is 1. The summed E-state index contributed by atoms with van der Waals surface area (Å²) < 4.78 is 0. The Hall–Kier alpha value is -5.28. The molecule has 2 heterocycles. The van der Waals surface area contributed by atoms with E-state index in [1.54, 1.807) is 62.5 Å². The molecule has 8 amide bonds. The van der Waals surface area contributed by atoms with Gasteiger partial charge < -0.3 is 63.0 Å². The van der Waals surface area contributed by atoms with Gasteiger partial charge in [-0.1, -0.05) is 40.6 Å². The standard InChI is InChI=1S/C17H31N5O5.C12H18N2OS2.C9H12N2OS2.C5H8N2O3.CH4O/c1-3-14(24)20-11-15(25)21-12-16(26)22-13(7-4-5-8-18-2)17(27)19-9-6-10-23;1-10(2)14-11(15)6-5-9-16-17-12-7-3-4-8-13-12;10-8(12)4-3-7-13-14-9-5-1-2-6-11-9;8-2-1-7-5(10)3-6-4-9;1-2/h10,13,18H,3-9,11-12H2,1-2H3,(H,19,27)(H,20,24)(H,21,25)(H,22,26);3-4,7-8,10H,5-6,9H2,1-2H3,(H,14,15);1-2,5-6H,3-4,7H2,(H2,10,12);2,4H,1,3H2,(H,6,9)(H,7,10);2H,1H3. The fourth-order valence-electron chi connectivity index (χ4n) is 4.43. The molecule has 0 saturated carbocycles. The quantitative estimate of drug-likeness (QED) is 0.0272. The summed E-state index contributed by atoms with van der Waals surface area (Å²) in [6.45, 7) is 6.02. The number of pyridine rings is 2. The van der Waals surface area contributed by atoms with Gasteiger partial charge in [-0.3, -0.25) is 38.4 Å². The Morgan fingerprint density at radius 3 is 1.74 bits per heavy atom. The van der Waals surface area contributed by atoms with Crippen molar-refractivity contribution in [3.05, 3.63) is 48.8 Å². The number of primary amides is 1. The predicted octanol–water partition coefficient (Wildman–Crippen LogP) is 1.08. The molecular formula is C44H73N11O11S4. The van der Waals surface area contributed by atoms with Crippen LogP contribution in [0.25, 0.3) is 0 Å². The minimum absolute atomic E-state index is 0.0145. The van der Waals surface area contributed by atoms with Crippen LogP contribution in [0.4, 0.5) is 0 Å². The topological polar surface area (TPSA) is 339 Å². The molecule has 2 aromatic rings. The second-order valence-corrected chi connectivity index (χ2v) is 18.8. The zero-order chi connectivity index (χ0) is 53.0. The lowest BCUT2D eigenvalue weighted by atomic mass is 10.1. The van der Waals surface area contributed by atoms with E-state index in [4.69, 9.17) is 10.8 Å². The van der Waals surface area contributed by atoms with E-state index in [1.807, 2.05) is 57.3 Å². The number of aldehydes is 2. The Kier molecular flexibility index (Phi) is 50.8. The monoisotopic (exact) mass is 1060 g/mol. The smallest absolute Gasteiger partial charge is 0.242 e. The average Bonchev–Trinajstić information content (AvgIpc) is 3.36. The van der Waals surface area contributed by atoms with Crippen LogP contribution in [-0.4, -0.2) is 152 Å². The van der Waals surface area contributed by atoms with Gasteiger partial charge in [-0.2, -0.15) is 0 Å². The predicted molar refractivity (Wildman–Crippen MR) is 277 cm³/mol.